The van der Waals surface area contributed by atoms with Gasteiger partial charge in [0, 0.05) is 26.9 Å². The second-order valence-corrected chi connectivity index (χ2v) is 12.4. The fourth-order valence-electron chi connectivity index (χ4n) is 6.32. The van der Waals surface area contributed by atoms with E-state index >= 15 is 0 Å². The number of nitrogens with zero attached hydrogens (tertiary/aromatic N) is 1. The van der Waals surface area contributed by atoms with Gasteiger partial charge in [0.2, 0.25) is 0 Å². The zero-order valence-corrected chi connectivity index (χ0v) is 28.4. The van der Waals surface area contributed by atoms with Crippen LogP contribution in [0.15, 0.2) is 121 Å². The molecule has 0 spiro atoms. The van der Waals surface area contributed by atoms with Gasteiger partial charge in [-0.15, -0.1) is 0 Å². The molecule has 0 radical (unpaired) electrons. The van der Waals surface area contributed by atoms with Crippen molar-refractivity contribution in [2.24, 2.45) is 0 Å². The van der Waals surface area contributed by atoms with E-state index in [0.717, 1.165) is 16.7 Å². The maximum absolute atomic E-state index is 12.0. The molecule has 1 unspecified atom stereocenters. The van der Waals surface area contributed by atoms with Gasteiger partial charge < -0.3 is 23.7 Å². The van der Waals surface area contributed by atoms with Crippen molar-refractivity contribution in [2.45, 2.75) is 83.5 Å². The monoisotopic (exact) mass is 665 g/mol. The summed E-state index contributed by atoms with van der Waals surface area (Å²) in [6.45, 7) is 5.27. The Labute approximate surface area is 289 Å². The van der Waals surface area contributed by atoms with Crippen molar-refractivity contribution in [1.82, 2.24) is 4.90 Å². The van der Waals surface area contributed by atoms with E-state index in [4.69, 9.17) is 23.7 Å². The van der Waals surface area contributed by atoms with Crippen molar-refractivity contribution in [2.75, 3.05) is 13.2 Å². The SMILES string of the molecule is CC(=O)OCC(CC[C@H](OCc1ccccc1)[C@H]1[C@H](OCc2ccccc2)[C@@H](OCc2ccccc2)CN1Cc1ccccc1)OC(C)=O. The van der Waals surface area contributed by atoms with Crippen molar-refractivity contribution >= 4 is 11.9 Å². The Hall–Kier alpha value is -4.34. The van der Waals surface area contributed by atoms with Crippen LogP contribution in [0.4, 0.5) is 0 Å². The van der Waals surface area contributed by atoms with E-state index in [-0.39, 0.29) is 31.0 Å². The number of carbonyl (C=O) groups is 2. The molecule has 1 heterocycles. The molecule has 0 N–H and O–H groups in total. The summed E-state index contributed by atoms with van der Waals surface area (Å²) < 4.78 is 31.3. The number of likely N-dealkylation sites (tertiary alicyclic amines) is 1. The third-order valence-corrected chi connectivity index (χ3v) is 8.63. The van der Waals surface area contributed by atoms with Crippen LogP contribution in [0.2, 0.25) is 0 Å². The molecular weight excluding hydrogens is 618 g/mol. The summed E-state index contributed by atoms with van der Waals surface area (Å²) in [5.41, 5.74) is 4.39. The van der Waals surface area contributed by atoms with Crippen LogP contribution in [0.1, 0.15) is 48.9 Å². The van der Waals surface area contributed by atoms with Crippen LogP contribution < -0.4 is 0 Å². The van der Waals surface area contributed by atoms with Crippen LogP contribution in [0, 0.1) is 0 Å². The van der Waals surface area contributed by atoms with Crippen LogP contribution in [0.25, 0.3) is 0 Å². The first-order valence-electron chi connectivity index (χ1n) is 17.0. The highest BCUT2D eigenvalue weighted by Crippen LogP contribution is 2.33. The minimum absolute atomic E-state index is 0.0184. The molecular formula is C41H47NO7. The number of hydrogen-bond donors (Lipinski definition) is 0. The van der Waals surface area contributed by atoms with Crippen molar-refractivity contribution < 1.29 is 33.3 Å². The van der Waals surface area contributed by atoms with E-state index in [2.05, 4.69) is 53.4 Å². The number of esters is 2. The average Bonchev–Trinajstić information content (AvgIpc) is 3.46. The van der Waals surface area contributed by atoms with Gasteiger partial charge in [-0.25, -0.2) is 0 Å². The number of rotatable bonds is 18. The minimum Gasteiger partial charge on any atom is -0.462 e. The summed E-state index contributed by atoms with van der Waals surface area (Å²) >= 11 is 0. The summed E-state index contributed by atoms with van der Waals surface area (Å²) in [6.07, 6.45) is -0.575. The molecule has 8 nitrogen and oxygen atoms in total. The third-order valence-electron chi connectivity index (χ3n) is 8.63. The lowest BCUT2D eigenvalue weighted by molar-refractivity contribution is -0.157. The third kappa shape index (κ3) is 11.6. The van der Waals surface area contributed by atoms with E-state index in [0.29, 0.717) is 45.8 Å². The second kappa shape index (κ2) is 19.0. The van der Waals surface area contributed by atoms with Gasteiger partial charge >= 0.3 is 11.9 Å². The standard InChI is InChI=1S/C41H47NO7/c1-31(43)45-30-37(49-32(2)44)23-24-38(46-27-34-17-9-4-10-18-34)40-41(48-29-36-21-13-6-14-22-36)39(47-28-35-19-11-5-12-20-35)26-42(40)25-33-15-7-3-8-16-33/h3-22,37-41H,23-30H2,1-2H3/t37?,38-,39-,40-,41+/m0/s1. The number of ether oxygens (including phenoxy) is 5. The molecule has 1 fully saturated rings. The van der Waals surface area contributed by atoms with Crippen molar-refractivity contribution in [3.8, 4) is 0 Å². The topological polar surface area (TPSA) is 83.5 Å². The van der Waals surface area contributed by atoms with Crippen molar-refractivity contribution in [3.63, 3.8) is 0 Å². The Morgan fingerprint density at radius 2 is 1.16 bits per heavy atom. The Balaban J connectivity index is 1.47. The molecule has 5 atom stereocenters. The van der Waals surface area contributed by atoms with Crippen LogP contribution in [-0.2, 0) is 59.6 Å². The Morgan fingerprint density at radius 1 is 0.653 bits per heavy atom. The molecule has 0 amide bonds. The maximum Gasteiger partial charge on any atom is 0.303 e. The Morgan fingerprint density at radius 3 is 1.69 bits per heavy atom. The molecule has 8 heteroatoms. The predicted octanol–water partition coefficient (Wildman–Crippen LogP) is 6.90. The lowest BCUT2D eigenvalue weighted by Crippen LogP contribution is -2.48. The summed E-state index contributed by atoms with van der Waals surface area (Å²) in [7, 11) is 0. The molecule has 4 aromatic rings. The molecule has 5 rings (SSSR count). The van der Waals surface area contributed by atoms with Gasteiger partial charge in [-0.1, -0.05) is 121 Å². The summed E-state index contributed by atoms with van der Waals surface area (Å²) in [5, 5.41) is 0. The normalized spacial score (nSPS) is 18.9. The van der Waals surface area contributed by atoms with E-state index in [1.807, 2.05) is 72.8 Å². The quantitative estimate of drug-likeness (QED) is 0.106. The van der Waals surface area contributed by atoms with Crippen LogP contribution in [-0.4, -0.2) is 60.4 Å². The highest BCUT2D eigenvalue weighted by atomic mass is 16.6. The lowest BCUT2D eigenvalue weighted by atomic mass is 9.97. The van der Waals surface area contributed by atoms with E-state index < -0.39 is 18.0 Å². The molecule has 1 saturated heterocycles. The van der Waals surface area contributed by atoms with Gasteiger partial charge in [0.1, 0.15) is 18.8 Å². The number of hydrogen-bond acceptors (Lipinski definition) is 8. The summed E-state index contributed by atoms with van der Waals surface area (Å²) in [4.78, 5) is 26.1. The Bertz CT molecular complexity index is 1540. The highest BCUT2D eigenvalue weighted by molar-refractivity contribution is 5.67. The molecule has 1 aliphatic heterocycles. The smallest absolute Gasteiger partial charge is 0.303 e. The number of benzene rings is 4. The molecule has 0 saturated carbocycles. The van der Waals surface area contributed by atoms with Crippen LogP contribution in [0.5, 0.6) is 0 Å². The Kier molecular flexibility index (Phi) is 13.9. The minimum atomic E-state index is -0.609. The highest BCUT2D eigenvalue weighted by Gasteiger charge is 2.47. The molecule has 49 heavy (non-hydrogen) atoms. The first-order valence-corrected chi connectivity index (χ1v) is 17.0. The zero-order chi connectivity index (χ0) is 34.3. The lowest BCUT2D eigenvalue weighted by Gasteiger charge is -2.36. The molecule has 0 aromatic heterocycles. The molecule has 258 valence electrons. The summed E-state index contributed by atoms with van der Waals surface area (Å²) in [5.74, 6) is -0.851. The fraction of sp³-hybridized carbons (Fsp3) is 0.366. The first-order chi connectivity index (χ1) is 23.9. The van der Waals surface area contributed by atoms with Gasteiger partial charge in [-0.05, 0) is 35.1 Å². The van der Waals surface area contributed by atoms with Gasteiger partial charge in [0.05, 0.1) is 38.1 Å². The number of carbonyl (C=O) groups excluding carboxylic acids is 2. The first kappa shape index (κ1) is 36.0. The molecule has 4 aromatic carbocycles. The van der Waals surface area contributed by atoms with Crippen molar-refractivity contribution in [1.29, 1.82) is 0 Å². The summed E-state index contributed by atoms with van der Waals surface area (Å²) in [6, 6.07) is 40.6. The van der Waals surface area contributed by atoms with Gasteiger partial charge in [0.15, 0.2) is 0 Å². The zero-order valence-electron chi connectivity index (χ0n) is 28.4. The predicted molar refractivity (Wildman–Crippen MR) is 187 cm³/mol. The van der Waals surface area contributed by atoms with E-state index in [9.17, 15) is 9.59 Å². The molecule has 0 bridgehead atoms. The van der Waals surface area contributed by atoms with E-state index in [1.165, 1.54) is 19.4 Å². The van der Waals surface area contributed by atoms with Gasteiger partial charge in [0.25, 0.3) is 0 Å². The maximum atomic E-state index is 12.0. The van der Waals surface area contributed by atoms with Crippen LogP contribution >= 0.6 is 0 Å². The van der Waals surface area contributed by atoms with Crippen molar-refractivity contribution in [3.05, 3.63) is 144 Å². The fourth-order valence-corrected chi connectivity index (χ4v) is 6.32. The van der Waals surface area contributed by atoms with Crippen LogP contribution in [0.3, 0.4) is 0 Å². The largest absolute Gasteiger partial charge is 0.462 e. The van der Waals surface area contributed by atoms with E-state index in [1.54, 1.807) is 0 Å². The average molecular weight is 666 g/mol. The molecule has 1 aliphatic rings. The second-order valence-electron chi connectivity index (χ2n) is 12.4. The van der Waals surface area contributed by atoms with Gasteiger partial charge in [-0.2, -0.15) is 0 Å². The molecule has 0 aliphatic carbocycles. The van der Waals surface area contributed by atoms with Gasteiger partial charge in [-0.3, -0.25) is 14.5 Å².